The molecule has 0 aliphatic carbocycles. The van der Waals surface area contributed by atoms with E-state index in [0.717, 1.165) is 6.42 Å². The summed E-state index contributed by atoms with van der Waals surface area (Å²) in [6.07, 6.45) is 0.724. The molecule has 0 aromatic heterocycles. The Hall–Kier alpha value is -3.24. The summed E-state index contributed by atoms with van der Waals surface area (Å²) in [7, 11) is 1.58. The van der Waals surface area contributed by atoms with Gasteiger partial charge in [0.05, 0.1) is 42.9 Å². The molecule has 1 spiro atoms. The van der Waals surface area contributed by atoms with Gasteiger partial charge in [-0.1, -0.05) is 20.8 Å². The Morgan fingerprint density at radius 2 is 1.63 bits per heavy atom. The molecule has 3 N–H and O–H groups in total. The molecule has 0 saturated carbocycles. The normalized spacial score (nSPS) is 28.9. The van der Waals surface area contributed by atoms with Crippen LogP contribution in [0.2, 0.25) is 0 Å². The minimum atomic E-state index is -0.838. The number of nitrogens with one attached hydrogen (secondary N) is 2. The van der Waals surface area contributed by atoms with E-state index in [9.17, 15) is 19.5 Å². The molecular weight excluding hydrogens is 542 g/mol. The predicted molar refractivity (Wildman–Crippen MR) is 159 cm³/mol. The van der Waals surface area contributed by atoms with Gasteiger partial charge in [-0.25, -0.2) is 0 Å². The zero-order valence-corrected chi connectivity index (χ0v) is 24.9. The van der Waals surface area contributed by atoms with Crippen molar-refractivity contribution in [2.45, 2.75) is 56.2 Å². The van der Waals surface area contributed by atoms with Crippen molar-refractivity contribution in [2.75, 3.05) is 31.0 Å². The Bertz CT molecular complexity index is 1290. The third-order valence-corrected chi connectivity index (χ3v) is 10.9. The first kappa shape index (κ1) is 29.3. The lowest BCUT2D eigenvalue weighted by atomic mass is 9.66. The number of rotatable bonds is 10. The number of thioether (sulfide) groups is 1. The highest BCUT2D eigenvalue weighted by molar-refractivity contribution is 8.02. The number of aliphatic hydroxyl groups excluding tert-OH is 1. The molecule has 3 aliphatic rings. The Kier molecular flexibility index (Phi) is 8.25. The monoisotopic (exact) mass is 581 g/mol. The minimum Gasteiger partial charge on any atom is -0.497 e. The maximum absolute atomic E-state index is 14.4. The molecule has 2 bridgehead atoms. The van der Waals surface area contributed by atoms with Crippen LogP contribution in [0.25, 0.3) is 0 Å². The second-order valence-electron chi connectivity index (χ2n) is 11.5. The number of likely N-dealkylation sites (tertiary alicyclic amines) is 1. The second-order valence-corrected chi connectivity index (χ2v) is 13.0. The summed E-state index contributed by atoms with van der Waals surface area (Å²) < 4.78 is 9.96. The van der Waals surface area contributed by atoms with E-state index in [1.54, 1.807) is 72.3 Å². The van der Waals surface area contributed by atoms with Crippen LogP contribution in [0.1, 0.15) is 34.1 Å². The van der Waals surface area contributed by atoms with E-state index < -0.39 is 28.7 Å². The highest BCUT2D eigenvalue weighted by Crippen LogP contribution is 2.69. The smallest absolute Gasteiger partial charge is 0.248 e. The standard InChI is InChI=1S/C31H39N3O6S/c1-6-40-22-13-9-19(10-14-22)32-28(36)25-24-15-18(4)31(41-24)26(25)30(38)34(23(16-35)17(2)3)27(31)29(37)33-20-7-11-21(39-5)12-8-20/h7-14,17-18,23-27,35H,6,15-16H2,1-5H3,(H,32,36)(H,33,37)/t18?,23-,24-,25+,26-,27?,31?/m0/s1. The van der Waals surface area contributed by atoms with Crippen LogP contribution in [0.5, 0.6) is 11.5 Å². The second kappa shape index (κ2) is 11.6. The first-order valence-electron chi connectivity index (χ1n) is 14.3. The summed E-state index contributed by atoms with van der Waals surface area (Å²) in [5.41, 5.74) is 1.21. The van der Waals surface area contributed by atoms with E-state index in [1.165, 1.54) is 0 Å². The van der Waals surface area contributed by atoms with Crippen molar-refractivity contribution in [1.29, 1.82) is 0 Å². The molecule has 0 radical (unpaired) electrons. The number of hydrogen-bond donors (Lipinski definition) is 3. The number of fused-ring (bicyclic) bond motifs is 1. The molecule has 3 amide bonds. The third-order valence-electron chi connectivity index (χ3n) is 8.84. The number of benzene rings is 2. The average Bonchev–Trinajstić information content (AvgIpc) is 3.54. The van der Waals surface area contributed by atoms with Crippen molar-refractivity contribution in [3.63, 3.8) is 0 Å². The van der Waals surface area contributed by atoms with Crippen molar-refractivity contribution in [3.8, 4) is 11.5 Å². The molecule has 10 heteroatoms. The SMILES string of the molecule is CCOc1ccc(NC(=O)[C@@H]2[C@@H]3CC(C)C4(S3)C(C(=O)Nc3ccc(OC)cc3)N([C@@H](CO)C(C)C)C(=O)[C@H]24)cc1. The van der Waals surface area contributed by atoms with Gasteiger partial charge in [0.2, 0.25) is 17.7 Å². The van der Waals surface area contributed by atoms with Crippen molar-refractivity contribution >= 4 is 40.9 Å². The number of hydrogen-bond acceptors (Lipinski definition) is 7. The molecule has 3 saturated heterocycles. The summed E-state index contributed by atoms with van der Waals surface area (Å²) in [5, 5.41) is 16.4. The predicted octanol–water partition coefficient (Wildman–Crippen LogP) is 4.03. The van der Waals surface area contributed by atoms with E-state index in [-0.39, 0.29) is 41.4 Å². The first-order chi connectivity index (χ1) is 19.7. The van der Waals surface area contributed by atoms with E-state index in [2.05, 4.69) is 17.6 Å². The minimum absolute atomic E-state index is 0.0177. The van der Waals surface area contributed by atoms with Gasteiger partial charge in [-0.05, 0) is 73.7 Å². The highest BCUT2D eigenvalue weighted by Gasteiger charge is 2.76. The zero-order chi connectivity index (χ0) is 29.5. The van der Waals surface area contributed by atoms with Gasteiger partial charge in [-0.3, -0.25) is 14.4 Å². The topological polar surface area (TPSA) is 117 Å². The average molecular weight is 582 g/mol. The number of anilines is 2. The lowest BCUT2D eigenvalue weighted by molar-refractivity contribution is -0.142. The number of nitrogens with zero attached hydrogens (tertiary/aromatic N) is 1. The van der Waals surface area contributed by atoms with Crippen LogP contribution in [-0.4, -0.2) is 70.1 Å². The fourth-order valence-corrected chi connectivity index (χ4v) is 9.36. The quantitative estimate of drug-likeness (QED) is 0.388. The molecule has 7 atom stereocenters. The summed E-state index contributed by atoms with van der Waals surface area (Å²) in [4.78, 5) is 43.9. The number of ether oxygens (including phenoxy) is 2. The van der Waals surface area contributed by atoms with Crippen LogP contribution in [0.15, 0.2) is 48.5 Å². The molecule has 3 aliphatic heterocycles. The van der Waals surface area contributed by atoms with Crippen molar-refractivity contribution in [2.24, 2.45) is 23.7 Å². The maximum atomic E-state index is 14.4. The molecule has 41 heavy (non-hydrogen) atoms. The van der Waals surface area contributed by atoms with Crippen LogP contribution in [0.3, 0.4) is 0 Å². The van der Waals surface area contributed by atoms with Gasteiger partial charge < -0.3 is 30.1 Å². The fourth-order valence-electron chi connectivity index (χ4n) is 6.95. The van der Waals surface area contributed by atoms with Crippen molar-refractivity contribution in [1.82, 2.24) is 4.90 Å². The molecule has 2 aromatic carbocycles. The number of methoxy groups -OCH3 is 1. The molecule has 9 nitrogen and oxygen atoms in total. The maximum Gasteiger partial charge on any atom is 0.248 e. The fraction of sp³-hybridized carbons (Fsp3) is 0.516. The Labute approximate surface area is 245 Å². The van der Waals surface area contributed by atoms with Crippen LogP contribution in [-0.2, 0) is 14.4 Å². The van der Waals surface area contributed by atoms with E-state index in [0.29, 0.717) is 29.5 Å². The summed E-state index contributed by atoms with van der Waals surface area (Å²) in [6, 6.07) is 12.8. The summed E-state index contributed by atoms with van der Waals surface area (Å²) in [5.74, 6) is -0.734. The zero-order valence-electron chi connectivity index (χ0n) is 24.1. The molecule has 3 unspecified atom stereocenters. The van der Waals surface area contributed by atoms with E-state index in [4.69, 9.17) is 9.47 Å². The van der Waals surface area contributed by atoms with Crippen molar-refractivity contribution in [3.05, 3.63) is 48.5 Å². The van der Waals surface area contributed by atoms with Crippen molar-refractivity contribution < 1.29 is 29.0 Å². The highest BCUT2D eigenvalue weighted by atomic mass is 32.2. The molecular formula is C31H39N3O6S. The Morgan fingerprint density at radius 1 is 1.05 bits per heavy atom. The molecule has 220 valence electrons. The Morgan fingerprint density at radius 3 is 2.17 bits per heavy atom. The van der Waals surface area contributed by atoms with E-state index in [1.807, 2.05) is 20.8 Å². The first-order valence-corrected chi connectivity index (χ1v) is 15.1. The molecule has 3 heterocycles. The van der Waals surface area contributed by atoms with Crippen LogP contribution in [0, 0.1) is 23.7 Å². The van der Waals surface area contributed by atoms with Gasteiger partial charge in [0.15, 0.2) is 0 Å². The summed E-state index contributed by atoms with van der Waals surface area (Å²) >= 11 is 1.61. The van der Waals surface area contributed by atoms with Gasteiger partial charge in [0.1, 0.15) is 17.5 Å². The van der Waals surface area contributed by atoms with Gasteiger partial charge in [-0.15, -0.1) is 11.8 Å². The Balaban J connectivity index is 1.49. The van der Waals surface area contributed by atoms with Gasteiger partial charge in [-0.2, -0.15) is 0 Å². The number of aliphatic hydroxyl groups is 1. The largest absolute Gasteiger partial charge is 0.497 e. The molecule has 5 rings (SSSR count). The van der Waals surface area contributed by atoms with Crippen LogP contribution in [0.4, 0.5) is 11.4 Å². The lowest BCUT2D eigenvalue weighted by Crippen LogP contribution is -2.57. The number of amides is 3. The summed E-state index contributed by atoms with van der Waals surface area (Å²) in [6.45, 7) is 8.13. The molecule has 2 aromatic rings. The van der Waals surface area contributed by atoms with Gasteiger partial charge >= 0.3 is 0 Å². The third kappa shape index (κ3) is 4.95. The van der Waals surface area contributed by atoms with Gasteiger partial charge in [0, 0.05) is 16.6 Å². The number of carbonyl (C=O) groups is 3. The number of carbonyl (C=O) groups excluding carboxylic acids is 3. The lowest BCUT2D eigenvalue weighted by Gasteiger charge is -2.40. The molecule has 3 fully saturated rings. The van der Waals surface area contributed by atoms with Crippen LogP contribution >= 0.6 is 11.8 Å². The van der Waals surface area contributed by atoms with Crippen LogP contribution < -0.4 is 20.1 Å². The van der Waals surface area contributed by atoms with E-state index >= 15 is 0 Å². The van der Waals surface area contributed by atoms with Gasteiger partial charge in [0.25, 0.3) is 0 Å².